The molecule has 6 heteroatoms. The van der Waals surface area contributed by atoms with Gasteiger partial charge in [0.25, 0.3) is 0 Å². The van der Waals surface area contributed by atoms with E-state index in [2.05, 4.69) is 18.0 Å². The Labute approximate surface area is 127 Å². The van der Waals surface area contributed by atoms with Crippen molar-refractivity contribution in [3.8, 4) is 6.07 Å². The molecule has 5 nitrogen and oxygen atoms in total. The highest BCUT2D eigenvalue weighted by molar-refractivity contribution is 7.18. The zero-order valence-corrected chi connectivity index (χ0v) is 12.5. The smallest absolute Gasteiger partial charge is 0.235 e. The number of hydrogen-bond acceptors (Lipinski definition) is 5. The largest absolute Gasteiger partial charge is 0.368 e. The summed E-state index contributed by atoms with van der Waals surface area (Å²) in [5.41, 5.74) is 6.54. The second-order valence-corrected chi connectivity index (χ2v) is 6.52. The molecule has 2 aromatic rings. The van der Waals surface area contributed by atoms with Crippen LogP contribution in [0.1, 0.15) is 17.8 Å². The Morgan fingerprint density at radius 1 is 1.57 bits per heavy atom. The Hall–Kier alpha value is -1.97. The van der Waals surface area contributed by atoms with Crippen LogP contribution < -0.4 is 5.73 Å². The average molecular weight is 300 g/mol. The molecule has 0 radical (unpaired) electrons. The second-order valence-electron chi connectivity index (χ2n) is 5.46. The molecule has 21 heavy (non-hydrogen) atoms. The molecule has 3 rings (SSSR count). The number of nitrogens with two attached hydrogens (primary N) is 1. The first-order valence-corrected chi connectivity index (χ1v) is 7.69. The molecule has 108 valence electrons. The number of carbonyl (C=O) groups is 1. The first-order valence-electron chi connectivity index (χ1n) is 6.87. The maximum Gasteiger partial charge on any atom is 0.235 e. The number of nitriles is 1. The molecule has 2 heterocycles. The first kappa shape index (κ1) is 14.0. The van der Waals surface area contributed by atoms with Gasteiger partial charge in [-0.2, -0.15) is 5.26 Å². The third kappa shape index (κ3) is 2.39. The predicted molar refractivity (Wildman–Crippen MR) is 81.7 cm³/mol. The van der Waals surface area contributed by atoms with Crippen molar-refractivity contribution in [3.63, 3.8) is 0 Å². The van der Waals surface area contributed by atoms with Gasteiger partial charge in [0.15, 0.2) is 0 Å². The summed E-state index contributed by atoms with van der Waals surface area (Å²) in [7, 11) is 0. The summed E-state index contributed by atoms with van der Waals surface area (Å²) < 4.78 is 1.11. The van der Waals surface area contributed by atoms with E-state index in [4.69, 9.17) is 11.0 Å². The SMILES string of the molecule is C[C@@H]1CN(CC#N)[C@H](C(N)=O)C1c1nc2ccccc2s1. The molecule has 1 aromatic heterocycles. The van der Waals surface area contributed by atoms with Crippen LogP contribution in [0.2, 0.25) is 0 Å². The molecule has 0 saturated carbocycles. The Balaban J connectivity index is 2.02. The fraction of sp³-hybridized carbons (Fsp3) is 0.400. The van der Waals surface area contributed by atoms with Crippen molar-refractivity contribution in [1.82, 2.24) is 9.88 Å². The number of rotatable bonds is 3. The zero-order chi connectivity index (χ0) is 15.0. The van der Waals surface area contributed by atoms with E-state index < -0.39 is 6.04 Å². The van der Waals surface area contributed by atoms with Gasteiger partial charge in [-0.3, -0.25) is 9.69 Å². The first-order chi connectivity index (χ1) is 10.1. The van der Waals surface area contributed by atoms with Crippen LogP contribution in [-0.4, -0.2) is 34.9 Å². The minimum absolute atomic E-state index is 0.0340. The number of likely N-dealkylation sites (tertiary alicyclic amines) is 1. The van der Waals surface area contributed by atoms with E-state index >= 15 is 0 Å². The van der Waals surface area contributed by atoms with E-state index in [0.717, 1.165) is 15.2 Å². The summed E-state index contributed by atoms with van der Waals surface area (Å²) in [5.74, 6) is -0.163. The van der Waals surface area contributed by atoms with E-state index in [1.807, 2.05) is 29.2 Å². The van der Waals surface area contributed by atoms with Crippen molar-refractivity contribution in [3.05, 3.63) is 29.3 Å². The van der Waals surface area contributed by atoms with Crippen LogP contribution in [0.25, 0.3) is 10.2 Å². The van der Waals surface area contributed by atoms with Gasteiger partial charge in [-0.1, -0.05) is 19.1 Å². The van der Waals surface area contributed by atoms with Crippen molar-refractivity contribution < 1.29 is 4.79 Å². The lowest BCUT2D eigenvalue weighted by molar-refractivity contribution is -0.122. The highest BCUT2D eigenvalue weighted by atomic mass is 32.1. The van der Waals surface area contributed by atoms with Gasteiger partial charge < -0.3 is 5.73 Å². The summed E-state index contributed by atoms with van der Waals surface area (Å²) in [6, 6.07) is 9.61. The van der Waals surface area contributed by atoms with Gasteiger partial charge in [-0.25, -0.2) is 4.98 Å². The Kier molecular flexibility index (Phi) is 3.62. The van der Waals surface area contributed by atoms with Crippen LogP contribution >= 0.6 is 11.3 Å². The van der Waals surface area contributed by atoms with Gasteiger partial charge in [0.2, 0.25) is 5.91 Å². The predicted octanol–water partition coefficient (Wildman–Crippen LogP) is 1.71. The second kappa shape index (κ2) is 5.43. The summed E-state index contributed by atoms with van der Waals surface area (Å²) in [4.78, 5) is 18.4. The lowest BCUT2D eigenvalue weighted by Gasteiger charge is -2.22. The third-order valence-electron chi connectivity index (χ3n) is 4.03. The average Bonchev–Trinajstić information content (AvgIpc) is 2.99. The molecule has 0 aliphatic carbocycles. The normalized spacial score (nSPS) is 26.0. The zero-order valence-electron chi connectivity index (χ0n) is 11.7. The van der Waals surface area contributed by atoms with E-state index in [1.54, 1.807) is 11.3 Å². The maximum absolute atomic E-state index is 11.9. The topological polar surface area (TPSA) is 83.0 Å². The standard InChI is InChI=1S/C15H16N4OS/c1-9-8-19(7-6-16)13(14(17)20)12(9)15-18-10-4-2-3-5-11(10)21-15/h2-5,9,12-13H,7-8H2,1H3,(H2,17,20)/t9-,12?,13+/m1/s1. The summed E-state index contributed by atoms with van der Waals surface area (Å²) in [6.07, 6.45) is 0. The number of fused-ring (bicyclic) bond motifs is 1. The summed E-state index contributed by atoms with van der Waals surface area (Å²) in [6.45, 7) is 3.01. The third-order valence-corrected chi connectivity index (χ3v) is 5.17. The molecule has 1 aliphatic rings. The maximum atomic E-state index is 11.9. The lowest BCUT2D eigenvalue weighted by Crippen LogP contribution is -2.43. The molecule has 1 saturated heterocycles. The highest BCUT2D eigenvalue weighted by Gasteiger charge is 2.44. The minimum Gasteiger partial charge on any atom is -0.368 e. The molecule has 0 bridgehead atoms. The number of aromatic nitrogens is 1. The fourth-order valence-corrected chi connectivity index (χ4v) is 4.39. The van der Waals surface area contributed by atoms with Gasteiger partial charge in [-0.05, 0) is 18.1 Å². The molecule has 3 atom stereocenters. The molecule has 1 fully saturated rings. The molecule has 1 amide bonds. The molecule has 1 aliphatic heterocycles. The minimum atomic E-state index is -0.444. The number of hydrogen-bond donors (Lipinski definition) is 1. The summed E-state index contributed by atoms with van der Waals surface area (Å²) in [5, 5.41) is 9.86. The number of primary amides is 1. The van der Waals surface area contributed by atoms with Gasteiger partial charge in [0.05, 0.1) is 33.9 Å². The Morgan fingerprint density at radius 2 is 2.33 bits per heavy atom. The highest BCUT2D eigenvalue weighted by Crippen LogP contribution is 2.40. The van der Waals surface area contributed by atoms with Gasteiger partial charge in [-0.15, -0.1) is 11.3 Å². The number of benzene rings is 1. The van der Waals surface area contributed by atoms with Crippen LogP contribution in [0.15, 0.2) is 24.3 Å². The van der Waals surface area contributed by atoms with E-state index in [-0.39, 0.29) is 24.3 Å². The van der Waals surface area contributed by atoms with Crippen LogP contribution in [-0.2, 0) is 4.79 Å². The Bertz CT molecular complexity index is 687. The molecule has 1 aromatic carbocycles. The van der Waals surface area contributed by atoms with E-state index in [0.29, 0.717) is 6.54 Å². The van der Waals surface area contributed by atoms with Crippen LogP contribution in [0, 0.1) is 17.2 Å². The van der Waals surface area contributed by atoms with Gasteiger partial charge in [0, 0.05) is 12.5 Å². The van der Waals surface area contributed by atoms with Gasteiger partial charge in [0.1, 0.15) is 0 Å². The molecule has 2 N–H and O–H groups in total. The molecular weight excluding hydrogens is 284 g/mol. The van der Waals surface area contributed by atoms with Crippen molar-refractivity contribution in [2.75, 3.05) is 13.1 Å². The monoisotopic (exact) mass is 300 g/mol. The van der Waals surface area contributed by atoms with Gasteiger partial charge >= 0.3 is 0 Å². The molecule has 0 spiro atoms. The van der Waals surface area contributed by atoms with Crippen molar-refractivity contribution in [2.24, 2.45) is 11.7 Å². The number of para-hydroxylation sites is 1. The summed E-state index contributed by atoms with van der Waals surface area (Å²) >= 11 is 1.61. The molecule has 1 unspecified atom stereocenters. The molecular formula is C15H16N4OS. The number of amides is 1. The van der Waals surface area contributed by atoms with Crippen molar-refractivity contribution >= 4 is 27.5 Å². The lowest BCUT2D eigenvalue weighted by atomic mass is 9.92. The van der Waals surface area contributed by atoms with Crippen LogP contribution in [0.5, 0.6) is 0 Å². The van der Waals surface area contributed by atoms with Crippen molar-refractivity contribution in [1.29, 1.82) is 5.26 Å². The van der Waals surface area contributed by atoms with Crippen LogP contribution in [0.3, 0.4) is 0 Å². The number of carbonyl (C=O) groups excluding carboxylic acids is 1. The van der Waals surface area contributed by atoms with E-state index in [9.17, 15) is 4.79 Å². The van der Waals surface area contributed by atoms with Crippen LogP contribution in [0.4, 0.5) is 0 Å². The van der Waals surface area contributed by atoms with Crippen molar-refractivity contribution in [2.45, 2.75) is 18.9 Å². The van der Waals surface area contributed by atoms with E-state index in [1.165, 1.54) is 0 Å². The number of thiazole rings is 1. The Morgan fingerprint density at radius 3 is 3.00 bits per heavy atom. The fourth-order valence-electron chi connectivity index (χ4n) is 3.16. The quantitative estimate of drug-likeness (QED) is 0.875. The number of nitrogens with zero attached hydrogens (tertiary/aromatic N) is 3.